The molecule has 1 aliphatic rings. The Morgan fingerprint density at radius 3 is 2.59 bits per heavy atom. The largest absolute Gasteiger partial charge is 0.507 e. The first-order chi connectivity index (χ1) is 10.6. The summed E-state index contributed by atoms with van der Waals surface area (Å²) in [6.45, 7) is 1.81. The Hall–Kier alpha value is -2.40. The van der Waals surface area contributed by atoms with Crippen molar-refractivity contribution >= 4 is 39.3 Å². The number of hydrazone groups is 1. The van der Waals surface area contributed by atoms with Gasteiger partial charge in [0, 0.05) is 0 Å². The molecule has 0 atom stereocenters. The summed E-state index contributed by atoms with van der Waals surface area (Å²) in [6, 6.07) is 14.4. The molecule has 3 rings (SSSR count). The van der Waals surface area contributed by atoms with Gasteiger partial charge in [-0.15, -0.1) is 0 Å². The van der Waals surface area contributed by atoms with Crippen molar-refractivity contribution in [1.82, 2.24) is 0 Å². The van der Waals surface area contributed by atoms with E-state index in [0.29, 0.717) is 15.8 Å². The van der Waals surface area contributed by atoms with Gasteiger partial charge in [-0.05, 0) is 58.8 Å². The van der Waals surface area contributed by atoms with Crippen LogP contribution in [-0.2, 0) is 4.79 Å². The minimum Gasteiger partial charge on any atom is -0.507 e. The molecule has 0 aromatic heterocycles. The smallest absolute Gasteiger partial charge is 0.280 e. The molecular formula is C17H13BrN2O2. The third kappa shape index (κ3) is 2.67. The third-order valence-corrected chi connectivity index (χ3v) is 3.98. The van der Waals surface area contributed by atoms with Crippen molar-refractivity contribution in [2.24, 2.45) is 5.10 Å². The van der Waals surface area contributed by atoms with E-state index in [9.17, 15) is 9.90 Å². The summed E-state index contributed by atoms with van der Waals surface area (Å²) in [6.07, 6.45) is 1.77. The molecule has 0 spiro atoms. The number of carbonyl (C=O) groups excluding carboxylic acids is 1. The first kappa shape index (κ1) is 14.5. The van der Waals surface area contributed by atoms with Crippen molar-refractivity contribution < 1.29 is 9.90 Å². The Morgan fingerprint density at radius 2 is 1.91 bits per heavy atom. The second kappa shape index (κ2) is 5.77. The lowest BCUT2D eigenvalue weighted by Gasteiger charge is -2.11. The number of halogens is 1. The Labute approximate surface area is 136 Å². The number of carbonyl (C=O) groups is 1. The zero-order valence-corrected chi connectivity index (χ0v) is 13.4. The maximum Gasteiger partial charge on any atom is 0.280 e. The van der Waals surface area contributed by atoms with Crippen molar-refractivity contribution in [3.05, 3.63) is 64.1 Å². The second-order valence-corrected chi connectivity index (χ2v) is 5.76. The van der Waals surface area contributed by atoms with Crippen LogP contribution in [0.25, 0.3) is 6.08 Å². The molecule has 1 amide bonds. The predicted molar refractivity (Wildman–Crippen MR) is 90.8 cm³/mol. The van der Waals surface area contributed by atoms with Crippen LogP contribution in [0.1, 0.15) is 12.5 Å². The zero-order valence-electron chi connectivity index (χ0n) is 11.8. The molecule has 0 fully saturated rings. The number of benzene rings is 2. The summed E-state index contributed by atoms with van der Waals surface area (Å²) in [4.78, 5) is 12.6. The average Bonchev–Trinajstić information content (AvgIpc) is 2.80. The average molecular weight is 357 g/mol. The minimum atomic E-state index is -0.159. The maximum atomic E-state index is 12.6. The minimum absolute atomic E-state index is 0.159. The number of rotatable bonds is 2. The van der Waals surface area contributed by atoms with Crippen LogP contribution in [-0.4, -0.2) is 16.7 Å². The van der Waals surface area contributed by atoms with Gasteiger partial charge in [0.15, 0.2) is 0 Å². The molecule has 0 saturated heterocycles. The molecule has 0 radical (unpaired) electrons. The highest BCUT2D eigenvalue weighted by Gasteiger charge is 2.28. The van der Waals surface area contributed by atoms with Crippen LogP contribution in [0.2, 0.25) is 0 Å². The van der Waals surface area contributed by atoms with Crippen molar-refractivity contribution in [3.8, 4) is 5.75 Å². The molecule has 1 N–H and O–H groups in total. The Bertz CT molecular complexity index is 798. The molecule has 2 aromatic rings. The van der Waals surface area contributed by atoms with Gasteiger partial charge >= 0.3 is 0 Å². The SMILES string of the molecule is CC1=NN(c2ccccc2)C(=O)/C1=C/c1ccc(O)c(Br)c1. The van der Waals surface area contributed by atoms with Crippen LogP contribution in [0.4, 0.5) is 5.69 Å². The van der Waals surface area contributed by atoms with E-state index in [1.165, 1.54) is 5.01 Å². The van der Waals surface area contributed by atoms with E-state index < -0.39 is 0 Å². The van der Waals surface area contributed by atoms with Crippen LogP contribution >= 0.6 is 15.9 Å². The number of para-hydroxylation sites is 1. The van der Waals surface area contributed by atoms with Crippen LogP contribution in [0.3, 0.4) is 0 Å². The lowest BCUT2D eigenvalue weighted by atomic mass is 10.1. The topological polar surface area (TPSA) is 52.9 Å². The van der Waals surface area contributed by atoms with Gasteiger partial charge in [-0.25, -0.2) is 0 Å². The van der Waals surface area contributed by atoms with Crippen molar-refractivity contribution in [1.29, 1.82) is 0 Å². The summed E-state index contributed by atoms with van der Waals surface area (Å²) in [5, 5.41) is 15.3. The van der Waals surface area contributed by atoms with Crippen LogP contribution in [0, 0.1) is 0 Å². The van der Waals surface area contributed by atoms with Crippen molar-refractivity contribution in [3.63, 3.8) is 0 Å². The van der Waals surface area contributed by atoms with E-state index in [4.69, 9.17) is 0 Å². The molecule has 2 aromatic carbocycles. The van der Waals surface area contributed by atoms with Gasteiger partial charge in [0.1, 0.15) is 5.75 Å². The Balaban J connectivity index is 1.96. The highest BCUT2D eigenvalue weighted by Crippen LogP contribution is 2.28. The van der Waals surface area contributed by atoms with E-state index in [1.54, 1.807) is 24.3 Å². The fourth-order valence-electron chi connectivity index (χ4n) is 2.21. The summed E-state index contributed by atoms with van der Waals surface area (Å²) in [5.41, 5.74) is 2.76. The standard InChI is InChI=1S/C17H13BrN2O2/c1-11-14(9-12-7-8-16(21)15(18)10-12)17(22)20(19-11)13-5-3-2-4-6-13/h2-10,21H,1H3/b14-9+. The number of hydrogen-bond acceptors (Lipinski definition) is 3. The molecule has 0 unspecified atom stereocenters. The van der Waals surface area contributed by atoms with Crippen molar-refractivity contribution in [2.45, 2.75) is 6.92 Å². The molecule has 4 nitrogen and oxygen atoms in total. The van der Waals surface area contributed by atoms with Crippen molar-refractivity contribution in [2.75, 3.05) is 5.01 Å². The van der Waals surface area contributed by atoms with Gasteiger partial charge in [-0.3, -0.25) is 4.79 Å². The molecule has 0 aliphatic carbocycles. The highest BCUT2D eigenvalue weighted by molar-refractivity contribution is 9.10. The van der Waals surface area contributed by atoms with Gasteiger partial charge in [0.2, 0.25) is 0 Å². The van der Waals surface area contributed by atoms with Gasteiger partial charge in [-0.2, -0.15) is 10.1 Å². The number of phenols is 1. The molecule has 0 bridgehead atoms. The van der Waals surface area contributed by atoms with E-state index in [-0.39, 0.29) is 11.7 Å². The fourth-order valence-corrected chi connectivity index (χ4v) is 2.60. The fraction of sp³-hybridized carbons (Fsp3) is 0.0588. The number of phenolic OH excluding ortho intramolecular Hbond substituents is 1. The molecule has 0 saturated carbocycles. The number of hydrogen-bond donors (Lipinski definition) is 1. The van der Waals surface area contributed by atoms with Crippen LogP contribution in [0.5, 0.6) is 5.75 Å². The molecule has 5 heteroatoms. The monoisotopic (exact) mass is 356 g/mol. The number of amides is 1. The van der Waals surface area contributed by atoms with E-state index in [2.05, 4.69) is 21.0 Å². The first-order valence-corrected chi connectivity index (χ1v) is 7.51. The highest BCUT2D eigenvalue weighted by atomic mass is 79.9. The summed E-state index contributed by atoms with van der Waals surface area (Å²) >= 11 is 3.27. The lowest BCUT2D eigenvalue weighted by Crippen LogP contribution is -2.21. The van der Waals surface area contributed by atoms with Gasteiger partial charge in [0.25, 0.3) is 5.91 Å². The maximum absolute atomic E-state index is 12.6. The summed E-state index contributed by atoms with van der Waals surface area (Å²) in [5.74, 6) is 0.00379. The van der Waals surface area contributed by atoms with E-state index >= 15 is 0 Å². The number of aromatic hydroxyl groups is 1. The van der Waals surface area contributed by atoms with Crippen LogP contribution < -0.4 is 5.01 Å². The van der Waals surface area contributed by atoms with Gasteiger partial charge in [0.05, 0.1) is 21.4 Å². The first-order valence-electron chi connectivity index (χ1n) is 6.71. The Morgan fingerprint density at radius 1 is 1.18 bits per heavy atom. The van der Waals surface area contributed by atoms with Crippen LogP contribution in [0.15, 0.2) is 63.7 Å². The molecule has 22 heavy (non-hydrogen) atoms. The molecule has 1 heterocycles. The molecule has 1 aliphatic heterocycles. The number of nitrogens with zero attached hydrogens (tertiary/aromatic N) is 2. The molecule has 110 valence electrons. The van der Waals surface area contributed by atoms with Gasteiger partial charge < -0.3 is 5.11 Å². The zero-order chi connectivity index (χ0) is 15.7. The quantitative estimate of drug-likeness (QED) is 0.828. The van der Waals surface area contributed by atoms with Gasteiger partial charge in [-0.1, -0.05) is 24.3 Å². The normalized spacial score (nSPS) is 16.3. The Kier molecular flexibility index (Phi) is 3.81. The lowest BCUT2D eigenvalue weighted by molar-refractivity contribution is -0.114. The van der Waals surface area contributed by atoms with E-state index in [1.807, 2.05) is 37.3 Å². The third-order valence-electron chi connectivity index (χ3n) is 3.35. The second-order valence-electron chi connectivity index (χ2n) is 4.91. The summed E-state index contributed by atoms with van der Waals surface area (Å²) in [7, 11) is 0. The van der Waals surface area contributed by atoms with E-state index in [0.717, 1.165) is 11.3 Å². The number of anilines is 1. The predicted octanol–water partition coefficient (Wildman–Crippen LogP) is 3.96. The molecular weight excluding hydrogens is 344 g/mol. The summed E-state index contributed by atoms with van der Waals surface area (Å²) < 4.78 is 0.585.